The molecule has 1 aliphatic rings. The molecule has 0 aliphatic carbocycles. The quantitative estimate of drug-likeness (QED) is 0.440. The molecule has 1 amide bonds. The van der Waals surface area contributed by atoms with Crippen LogP contribution >= 0.6 is 0 Å². The normalized spacial score (nSPS) is 14.3. The zero-order chi connectivity index (χ0) is 21.9. The summed E-state index contributed by atoms with van der Waals surface area (Å²) in [7, 11) is 0. The topological polar surface area (TPSA) is 94.1 Å². The average molecular weight is 428 g/mol. The first kappa shape index (κ1) is 20.4. The first-order valence-corrected chi connectivity index (χ1v) is 10.8. The number of fused-ring (bicyclic) bond motifs is 3. The van der Waals surface area contributed by atoms with Gasteiger partial charge in [-0.05, 0) is 17.5 Å². The number of aromatic nitrogens is 3. The van der Waals surface area contributed by atoms with Crippen LogP contribution in [0.15, 0.2) is 66.9 Å². The van der Waals surface area contributed by atoms with Crippen LogP contribution in [-0.2, 0) is 17.8 Å². The molecule has 0 bridgehead atoms. The second-order valence-corrected chi connectivity index (χ2v) is 7.95. The molecule has 3 heterocycles. The smallest absolute Gasteiger partial charge is 0.244 e. The Hall–Kier alpha value is -3.55. The van der Waals surface area contributed by atoms with Gasteiger partial charge < -0.3 is 10.0 Å². The van der Waals surface area contributed by atoms with Crippen LogP contribution in [-0.4, -0.2) is 50.8 Å². The molecule has 0 fully saturated rings. The van der Waals surface area contributed by atoms with Gasteiger partial charge in [0.25, 0.3) is 0 Å². The number of rotatable bonds is 6. The molecule has 0 radical (unpaired) electrons. The summed E-state index contributed by atoms with van der Waals surface area (Å²) in [6, 6.07) is 19.2. The highest BCUT2D eigenvalue weighted by Crippen LogP contribution is 2.34. The maximum absolute atomic E-state index is 13.6. The molecule has 2 aromatic heterocycles. The molecule has 7 heteroatoms. The molecular weight excluding hydrogens is 402 g/mol. The summed E-state index contributed by atoms with van der Waals surface area (Å²) in [6.07, 6.45) is 2.56. The van der Waals surface area contributed by atoms with Gasteiger partial charge in [-0.15, -0.1) is 0 Å². The van der Waals surface area contributed by atoms with Crippen LogP contribution in [0, 0.1) is 0 Å². The number of nitrogens with one attached hydrogen (secondary N) is 2. The number of pyridine rings is 1. The Morgan fingerprint density at radius 1 is 1.09 bits per heavy atom. The largest absolute Gasteiger partial charge is 0.395 e. The van der Waals surface area contributed by atoms with E-state index in [-0.39, 0.29) is 12.5 Å². The SMILES string of the molecule is O=C(C(NCCO)c1ccccc1)N1CCc2c(c(-c3ccccc3)nc3[nH]ncc23)C1. The molecule has 162 valence electrons. The zero-order valence-electron chi connectivity index (χ0n) is 17.7. The summed E-state index contributed by atoms with van der Waals surface area (Å²) >= 11 is 0. The number of aliphatic hydroxyl groups excluding tert-OH is 1. The maximum atomic E-state index is 13.6. The molecule has 4 aromatic rings. The number of carbonyl (C=O) groups excluding carboxylic acids is 1. The molecule has 32 heavy (non-hydrogen) atoms. The highest BCUT2D eigenvalue weighted by Gasteiger charge is 2.31. The van der Waals surface area contributed by atoms with Crippen LogP contribution in [0.2, 0.25) is 0 Å². The Morgan fingerprint density at radius 3 is 2.59 bits per heavy atom. The van der Waals surface area contributed by atoms with E-state index in [1.165, 1.54) is 5.56 Å². The van der Waals surface area contributed by atoms with Gasteiger partial charge in [0.2, 0.25) is 5.91 Å². The van der Waals surface area contributed by atoms with Crippen molar-refractivity contribution >= 4 is 16.9 Å². The minimum atomic E-state index is -0.504. The number of amides is 1. The fourth-order valence-corrected chi connectivity index (χ4v) is 4.45. The molecule has 1 aliphatic heterocycles. The van der Waals surface area contributed by atoms with Crippen LogP contribution in [0.3, 0.4) is 0 Å². The summed E-state index contributed by atoms with van der Waals surface area (Å²) in [6.45, 7) is 1.42. The predicted molar refractivity (Wildman–Crippen MR) is 123 cm³/mol. The van der Waals surface area contributed by atoms with Crippen LogP contribution in [0.25, 0.3) is 22.3 Å². The Morgan fingerprint density at radius 2 is 1.84 bits per heavy atom. The molecule has 0 saturated carbocycles. The van der Waals surface area contributed by atoms with Crippen molar-refractivity contribution in [1.82, 2.24) is 25.4 Å². The number of nitrogens with zero attached hydrogens (tertiary/aromatic N) is 3. The summed E-state index contributed by atoms with van der Waals surface area (Å²) in [5, 5.41) is 20.7. The summed E-state index contributed by atoms with van der Waals surface area (Å²) in [5.41, 5.74) is 5.84. The first-order chi connectivity index (χ1) is 15.8. The molecule has 3 N–H and O–H groups in total. The lowest BCUT2D eigenvalue weighted by Crippen LogP contribution is -2.44. The van der Waals surface area contributed by atoms with E-state index in [4.69, 9.17) is 4.98 Å². The van der Waals surface area contributed by atoms with E-state index in [0.29, 0.717) is 19.6 Å². The second kappa shape index (κ2) is 8.90. The Kier molecular flexibility index (Phi) is 5.66. The number of benzene rings is 2. The lowest BCUT2D eigenvalue weighted by Gasteiger charge is -2.33. The van der Waals surface area contributed by atoms with Crippen molar-refractivity contribution < 1.29 is 9.90 Å². The fraction of sp³-hybridized carbons (Fsp3) is 0.240. The van der Waals surface area contributed by atoms with Gasteiger partial charge >= 0.3 is 0 Å². The minimum absolute atomic E-state index is 0.00148. The molecule has 0 saturated heterocycles. The molecule has 5 rings (SSSR count). The van der Waals surface area contributed by atoms with Crippen LogP contribution in [0.5, 0.6) is 0 Å². The van der Waals surface area contributed by atoms with Crippen molar-refractivity contribution in [1.29, 1.82) is 0 Å². The van der Waals surface area contributed by atoms with E-state index in [1.807, 2.05) is 71.8 Å². The van der Waals surface area contributed by atoms with Crippen molar-refractivity contribution in [2.45, 2.75) is 19.0 Å². The van der Waals surface area contributed by atoms with Gasteiger partial charge in [-0.25, -0.2) is 4.98 Å². The summed E-state index contributed by atoms with van der Waals surface area (Å²) in [5.74, 6) is 0.00148. The highest BCUT2D eigenvalue weighted by atomic mass is 16.3. The van der Waals surface area contributed by atoms with Crippen molar-refractivity contribution in [3.8, 4) is 11.3 Å². The van der Waals surface area contributed by atoms with Gasteiger partial charge in [0.05, 0.1) is 18.5 Å². The van der Waals surface area contributed by atoms with Crippen LogP contribution < -0.4 is 5.32 Å². The number of aromatic amines is 1. The summed E-state index contributed by atoms with van der Waals surface area (Å²) in [4.78, 5) is 20.4. The molecule has 1 atom stereocenters. The fourth-order valence-electron chi connectivity index (χ4n) is 4.45. The van der Waals surface area contributed by atoms with Gasteiger partial charge in [0.1, 0.15) is 6.04 Å². The maximum Gasteiger partial charge on any atom is 0.244 e. The van der Waals surface area contributed by atoms with Gasteiger partial charge in [0, 0.05) is 36.1 Å². The lowest BCUT2D eigenvalue weighted by molar-refractivity contribution is -0.134. The lowest BCUT2D eigenvalue weighted by atomic mass is 9.92. The minimum Gasteiger partial charge on any atom is -0.395 e. The van der Waals surface area contributed by atoms with Gasteiger partial charge in [-0.2, -0.15) is 5.10 Å². The van der Waals surface area contributed by atoms with E-state index in [1.54, 1.807) is 0 Å². The van der Waals surface area contributed by atoms with Crippen molar-refractivity contribution in [3.63, 3.8) is 0 Å². The third-order valence-corrected chi connectivity index (χ3v) is 6.00. The van der Waals surface area contributed by atoms with E-state index in [9.17, 15) is 9.90 Å². The molecule has 0 spiro atoms. The first-order valence-electron chi connectivity index (χ1n) is 10.8. The zero-order valence-corrected chi connectivity index (χ0v) is 17.7. The Balaban J connectivity index is 1.52. The van der Waals surface area contributed by atoms with E-state index < -0.39 is 6.04 Å². The van der Waals surface area contributed by atoms with Gasteiger partial charge in [-0.3, -0.25) is 15.2 Å². The van der Waals surface area contributed by atoms with Crippen LogP contribution in [0.1, 0.15) is 22.7 Å². The third kappa shape index (κ3) is 3.77. The molecular formula is C25H25N5O2. The monoisotopic (exact) mass is 427 g/mol. The third-order valence-electron chi connectivity index (χ3n) is 6.00. The number of carbonyl (C=O) groups is 1. The van der Waals surface area contributed by atoms with Crippen molar-refractivity contribution in [2.75, 3.05) is 19.7 Å². The van der Waals surface area contributed by atoms with Crippen LogP contribution in [0.4, 0.5) is 0 Å². The average Bonchev–Trinajstić information content (AvgIpc) is 3.33. The molecule has 1 unspecified atom stereocenters. The number of hydrogen-bond acceptors (Lipinski definition) is 5. The number of hydrogen-bond donors (Lipinski definition) is 3. The predicted octanol–water partition coefficient (Wildman–Crippen LogP) is 2.83. The van der Waals surface area contributed by atoms with E-state index >= 15 is 0 Å². The number of H-pyrrole nitrogens is 1. The van der Waals surface area contributed by atoms with Crippen molar-refractivity contribution in [2.24, 2.45) is 0 Å². The van der Waals surface area contributed by atoms with E-state index in [0.717, 1.165) is 39.8 Å². The van der Waals surface area contributed by atoms with Gasteiger partial charge in [0.15, 0.2) is 5.65 Å². The van der Waals surface area contributed by atoms with Gasteiger partial charge in [-0.1, -0.05) is 60.7 Å². The Labute approximate surface area is 186 Å². The molecule has 7 nitrogen and oxygen atoms in total. The number of aliphatic hydroxyl groups is 1. The molecule has 2 aromatic carbocycles. The van der Waals surface area contributed by atoms with E-state index in [2.05, 4.69) is 15.5 Å². The van der Waals surface area contributed by atoms with Crippen molar-refractivity contribution in [3.05, 3.63) is 83.6 Å². The summed E-state index contributed by atoms with van der Waals surface area (Å²) < 4.78 is 0. The highest BCUT2D eigenvalue weighted by molar-refractivity contribution is 5.87. The standard InChI is InChI=1S/C25H25N5O2/c31-14-12-26-23(18-9-5-2-6-10-18)25(32)30-13-11-19-20-15-27-29-24(20)28-22(21(19)16-30)17-7-3-1-4-8-17/h1-10,15,23,26,31H,11-14,16H2,(H,27,28,29). The second-order valence-electron chi connectivity index (χ2n) is 7.95. The Bertz CT molecular complexity index is 1220.